The Morgan fingerprint density at radius 3 is 2.55 bits per heavy atom. The highest BCUT2D eigenvalue weighted by Crippen LogP contribution is 2.41. The number of hydrogen-bond acceptors (Lipinski definition) is 2. The van der Waals surface area contributed by atoms with Crippen molar-refractivity contribution in [2.24, 2.45) is 0 Å². The average Bonchev–Trinajstić information content (AvgIpc) is 3.30. The molecule has 0 saturated carbocycles. The summed E-state index contributed by atoms with van der Waals surface area (Å²) in [5, 5.41) is 0.587. The van der Waals surface area contributed by atoms with Crippen molar-refractivity contribution in [3.05, 3.63) is 116 Å². The maximum absolute atomic E-state index is 13.6. The summed E-state index contributed by atoms with van der Waals surface area (Å²) in [6, 6.07) is 4.60. The third-order valence-electron chi connectivity index (χ3n) is 5.19. The quantitative estimate of drug-likeness (QED) is 0.389. The van der Waals surface area contributed by atoms with Crippen LogP contribution in [0.15, 0.2) is 94.3 Å². The lowest BCUT2D eigenvalue weighted by Gasteiger charge is -2.14. The fourth-order valence-electron chi connectivity index (χ4n) is 3.61. The summed E-state index contributed by atoms with van der Waals surface area (Å²) >= 11 is 14.0. The first-order valence-electron chi connectivity index (χ1n) is 9.74. The van der Waals surface area contributed by atoms with E-state index in [0.29, 0.717) is 21.9 Å². The predicted octanol–water partition coefficient (Wildman–Crippen LogP) is 8.37. The Balaban J connectivity index is 1.77. The third-order valence-corrected chi connectivity index (χ3v) is 6.60. The monoisotopic (exact) mass is 504 g/mol. The normalized spacial score (nSPS) is 16.2. The van der Waals surface area contributed by atoms with Crippen molar-refractivity contribution in [3.8, 4) is 5.69 Å². The first kappa shape index (κ1) is 23.5. The van der Waals surface area contributed by atoms with Crippen LogP contribution >= 0.6 is 35.0 Å². The van der Waals surface area contributed by atoms with Gasteiger partial charge in [-0.3, -0.25) is 4.57 Å². The second-order valence-corrected chi connectivity index (χ2v) is 9.01. The summed E-state index contributed by atoms with van der Waals surface area (Å²) in [5.74, 6) is 0.0798. The largest absolute Gasteiger partial charge is 0.434 e. The van der Waals surface area contributed by atoms with Crippen molar-refractivity contribution in [1.82, 2.24) is 9.55 Å². The Morgan fingerprint density at radius 1 is 1.12 bits per heavy atom. The summed E-state index contributed by atoms with van der Waals surface area (Å²) in [4.78, 5) is 4.92. The number of alkyl halides is 3. The van der Waals surface area contributed by atoms with E-state index in [9.17, 15) is 13.2 Å². The molecule has 0 radical (unpaired) electrons. The molecule has 0 bridgehead atoms. The smallest absolute Gasteiger partial charge is 0.298 e. The molecule has 0 unspecified atom stereocenters. The van der Waals surface area contributed by atoms with Gasteiger partial charge in [0.1, 0.15) is 5.82 Å². The summed E-state index contributed by atoms with van der Waals surface area (Å²) in [5.41, 5.74) is 6.23. The first-order chi connectivity index (χ1) is 15.6. The van der Waals surface area contributed by atoms with Gasteiger partial charge in [0.25, 0.3) is 0 Å². The van der Waals surface area contributed by atoms with Gasteiger partial charge in [-0.15, -0.1) is 17.5 Å². The maximum atomic E-state index is 13.6. The van der Waals surface area contributed by atoms with Crippen LogP contribution in [0.4, 0.5) is 13.2 Å². The van der Waals surface area contributed by atoms with Crippen LogP contribution in [-0.2, 0) is 6.18 Å². The molecule has 0 N–H and O–H groups in total. The predicted molar refractivity (Wildman–Crippen MR) is 131 cm³/mol. The third kappa shape index (κ3) is 4.57. The van der Waals surface area contributed by atoms with Gasteiger partial charge in [0.15, 0.2) is 5.69 Å². The molecule has 4 rings (SSSR count). The Bertz CT molecular complexity index is 1360. The van der Waals surface area contributed by atoms with Crippen molar-refractivity contribution in [2.75, 3.05) is 6.26 Å². The van der Waals surface area contributed by atoms with Gasteiger partial charge in [-0.1, -0.05) is 35.9 Å². The van der Waals surface area contributed by atoms with Crippen molar-refractivity contribution >= 4 is 40.5 Å². The van der Waals surface area contributed by atoms with E-state index in [4.69, 9.17) is 23.2 Å². The molecule has 1 aromatic carbocycles. The van der Waals surface area contributed by atoms with Crippen LogP contribution < -0.4 is 0 Å². The van der Waals surface area contributed by atoms with Crippen LogP contribution in [0.2, 0.25) is 10.0 Å². The molecule has 1 aromatic heterocycles. The van der Waals surface area contributed by atoms with E-state index >= 15 is 0 Å². The second kappa shape index (κ2) is 8.96. The minimum atomic E-state index is -4.63. The molecule has 8 heteroatoms. The number of imidazole rings is 1. The van der Waals surface area contributed by atoms with Crippen LogP contribution in [0.1, 0.15) is 18.4 Å². The lowest BCUT2D eigenvalue weighted by molar-refractivity contribution is -0.140. The Hall–Kier alpha value is -2.63. The number of rotatable bonds is 4. The summed E-state index contributed by atoms with van der Waals surface area (Å²) in [6.45, 7) is 6.15. The zero-order chi connectivity index (χ0) is 23.9. The van der Waals surface area contributed by atoms with Crippen LogP contribution in [0, 0.1) is 0 Å². The molecule has 0 atom stereocenters. The fourth-order valence-corrected chi connectivity index (χ4v) is 4.55. The standard InChI is InChI=1S/C25H17Cl2F3N2S/c1-14-11-16(5-4-6-22(14)33-3)18-8-9-19(15(18)2)24-31-23(25(28,29)30)13-32(24)21-12-17(26)7-10-20(21)27/h4-5,7-13H,2H2,1,3H3. The molecule has 168 valence electrons. The molecule has 2 aliphatic carbocycles. The highest BCUT2D eigenvalue weighted by Gasteiger charge is 2.36. The number of thioether (sulfide) groups is 1. The van der Waals surface area contributed by atoms with Gasteiger partial charge in [0.2, 0.25) is 0 Å². The number of halogens is 5. The number of hydrogen-bond donors (Lipinski definition) is 0. The molecule has 0 spiro atoms. The Labute approximate surface area is 203 Å². The first-order valence-corrected chi connectivity index (χ1v) is 11.7. The van der Waals surface area contributed by atoms with Gasteiger partial charge in [-0.25, -0.2) is 4.98 Å². The van der Waals surface area contributed by atoms with Crippen LogP contribution in [-0.4, -0.2) is 15.8 Å². The van der Waals surface area contributed by atoms with E-state index in [1.54, 1.807) is 23.9 Å². The SMILES string of the molecule is C=C1C(C2=CC=C=C(SC)C(C)=C2)=CC=C1c1nc(C(F)(F)F)cn1-c1cc(Cl)ccc1Cl. The Morgan fingerprint density at radius 2 is 1.85 bits per heavy atom. The molecular formula is C25H17Cl2F3N2S. The van der Waals surface area contributed by atoms with Gasteiger partial charge in [-0.2, -0.15) is 13.2 Å². The number of benzene rings is 1. The van der Waals surface area contributed by atoms with E-state index in [1.807, 2.05) is 37.5 Å². The molecule has 2 nitrogen and oxygen atoms in total. The minimum Gasteiger partial charge on any atom is -0.298 e. The van der Waals surface area contributed by atoms with Crippen molar-refractivity contribution in [1.29, 1.82) is 0 Å². The van der Waals surface area contributed by atoms with E-state index in [2.05, 4.69) is 17.3 Å². The molecule has 33 heavy (non-hydrogen) atoms. The lowest BCUT2D eigenvalue weighted by atomic mass is 9.96. The van der Waals surface area contributed by atoms with Crippen molar-refractivity contribution in [2.45, 2.75) is 13.1 Å². The summed E-state index contributed by atoms with van der Waals surface area (Å²) < 4.78 is 42.0. The van der Waals surface area contributed by atoms with E-state index in [0.717, 1.165) is 27.8 Å². The molecule has 1 heterocycles. The topological polar surface area (TPSA) is 17.8 Å². The van der Waals surface area contributed by atoms with Gasteiger partial charge in [0.05, 0.1) is 15.6 Å². The van der Waals surface area contributed by atoms with E-state index in [-0.39, 0.29) is 10.8 Å². The summed E-state index contributed by atoms with van der Waals surface area (Å²) in [7, 11) is 0. The second-order valence-electron chi connectivity index (χ2n) is 7.35. The molecule has 2 aromatic rings. The molecule has 0 saturated heterocycles. The fraction of sp³-hybridized carbons (Fsp3) is 0.120. The number of aromatic nitrogens is 2. The van der Waals surface area contributed by atoms with Crippen molar-refractivity contribution < 1.29 is 13.2 Å². The molecule has 0 aliphatic heterocycles. The highest BCUT2D eigenvalue weighted by molar-refractivity contribution is 8.02. The highest BCUT2D eigenvalue weighted by atomic mass is 35.5. The van der Waals surface area contributed by atoms with Crippen molar-refractivity contribution in [3.63, 3.8) is 0 Å². The molecule has 0 fully saturated rings. The van der Waals surface area contributed by atoms with E-state index < -0.39 is 11.9 Å². The lowest BCUT2D eigenvalue weighted by Crippen LogP contribution is -2.05. The van der Waals surface area contributed by atoms with Gasteiger partial charge >= 0.3 is 6.18 Å². The van der Waals surface area contributed by atoms with Crippen LogP contribution in [0.3, 0.4) is 0 Å². The Kier molecular flexibility index (Phi) is 6.39. The van der Waals surface area contributed by atoms with Gasteiger partial charge in [0, 0.05) is 16.8 Å². The van der Waals surface area contributed by atoms with E-state index in [1.165, 1.54) is 16.7 Å². The van der Waals surface area contributed by atoms with Gasteiger partial charge < -0.3 is 0 Å². The van der Waals surface area contributed by atoms with Crippen LogP contribution in [0.25, 0.3) is 11.3 Å². The van der Waals surface area contributed by atoms with Crippen LogP contribution in [0.5, 0.6) is 0 Å². The zero-order valence-corrected chi connectivity index (χ0v) is 19.9. The zero-order valence-electron chi connectivity index (χ0n) is 17.6. The maximum Gasteiger partial charge on any atom is 0.434 e. The summed E-state index contributed by atoms with van der Waals surface area (Å²) in [6.07, 6.45) is 7.56. The molecular weight excluding hydrogens is 488 g/mol. The molecule has 2 aliphatic rings. The minimum absolute atomic E-state index is 0.0798. The van der Waals surface area contributed by atoms with Gasteiger partial charge in [-0.05, 0) is 78.0 Å². The molecule has 0 amide bonds. The average molecular weight is 505 g/mol. The number of nitrogens with zero attached hydrogens (tertiary/aromatic N) is 2. The number of allylic oxidation sites excluding steroid dienone is 9.